The number of pyridine rings is 1. The van der Waals surface area contributed by atoms with Crippen molar-refractivity contribution in [2.45, 2.75) is 6.92 Å². The molecule has 0 bridgehead atoms. The quantitative estimate of drug-likeness (QED) is 0.349. The lowest BCUT2D eigenvalue weighted by molar-refractivity contribution is 0.0527. The minimum Gasteiger partial charge on any atom is -0.462 e. The fraction of sp³-hybridized carbons (Fsp3) is 0.125. The van der Waals surface area contributed by atoms with Crippen LogP contribution in [-0.4, -0.2) is 26.9 Å². The maximum absolute atomic E-state index is 12.9. The van der Waals surface area contributed by atoms with Crippen molar-refractivity contribution < 1.29 is 9.53 Å². The van der Waals surface area contributed by atoms with Gasteiger partial charge >= 0.3 is 5.97 Å². The molecular weight excluding hydrogens is 430 g/mol. The molecule has 4 rings (SSSR count). The van der Waals surface area contributed by atoms with Crippen molar-refractivity contribution >= 4 is 70.9 Å². The molecule has 6 nitrogen and oxygen atoms in total. The Labute approximate surface area is 158 Å². The van der Waals surface area contributed by atoms with E-state index in [2.05, 4.69) is 25.9 Å². The highest BCUT2D eigenvalue weighted by Crippen LogP contribution is 2.32. The molecule has 0 spiro atoms. The topological polar surface area (TPSA) is 73.6 Å². The van der Waals surface area contributed by atoms with E-state index >= 15 is 0 Å². The van der Waals surface area contributed by atoms with Gasteiger partial charge in [0.25, 0.3) is 0 Å². The summed E-state index contributed by atoms with van der Waals surface area (Å²) < 4.78 is 8.62. The Morgan fingerprint density at radius 1 is 1.44 bits per heavy atom. The smallest absolute Gasteiger partial charge is 0.345 e. The number of thiazole rings is 1. The number of benzene rings is 1. The van der Waals surface area contributed by atoms with Crippen molar-refractivity contribution in [2.75, 3.05) is 6.61 Å². The average Bonchev–Trinajstić information content (AvgIpc) is 2.93. The number of nitrogens with zero attached hydrogens (tertiary/aromatic N) is 3. The third kappa shape index (κ3) is 2.52. The van der Waals surface area contributed by atoms with Gasteiger partial charge in [0.15, 0.2) is 5.65 Å². The largest absolute Gasteiger partial charge is 0.462 e. The fourth-order valence-corrected chi connectivity index (χ4v) is 4.54. The molecule has 9 heteroatoms. The first-order valence-corrected chi connectivity index (χ1v) is 9.26. The number of esters is 1. The van der Waals surface area contributed by atoms with E-state index in [-0.39, 0.29) is 22.8 Å². The Hall–Kier alpha value is -2.03. The summed E-state index contributed by atoms with van der Waals surface area (Å²) >= 11 is 10.7. The van der Waals surface area contributed by atoms with Crippen molar-refractivity contribution in [1.82, 2.24) is 14.4 Å². The number of hydrogen-bond acceptors (Lipinski definition) is 6. The van der Waals surface area contributed by atoms with Gasteiger partial charge in [0, 0.05) is 10.7 Å². The zero-order chi connectivity index (χ0) is 17.7. The summed E-state index contributed by atoms with van der Waals surface area (Å²) in [7, 11) is 0. The number of ether oxygens (including phenoxy) is 1. The van der Waals surface area contributed by atoms with Crippen molar-refractivity contribution in [3.8, 4) is 0 Å². The number of halogens is 2. The third-order valence-corrected chi connectivity index (χ3v) is 5.49. The molecule has 0 unspecified atom stereocenters. The molecule has 0 atom stereocenters. The van der Waals surface area contributed by atoms with Crippen molar-refractivity contribution in [1.29, 1.82) is 0 Å². The summed E-state index contributed by atoms with van der Waals surface area (Å²) in [5, 5.41) is 0.244. The molecule has 0 amide bonds. The van der Waals surface area contributed by atoms with E-state index in [1.165, 1.54) is 17.5 Å². The number of carbonyl (C=O) groups is 1. The normalized spacial score (nSPS) is 11.5. The number of hydrogen-bond donors (Lipinski definition) is 0. The summed E-state index contributed by atoms with van der Waals surface area (Å²) in [5.41, 5.74) is 0.698. The molecule has 0 aliphatic rings. The third-order valence-electron chi connectivity index (χ3n) is 3.69. The van der Waals surface area contributed by atoms with Crippen LogP contribution in [0.1, 0.15) is 17.3 Å². The van der Waals surface area contributed by atoms with Crippen LogP contribution in [0.25, 0.3) is 26.1 Å². The summed E-state index contributed by atoms with van der Waals surface area (Å²) in [6.45, 7) is 1.87. The number of carbonyl (C=O) groups excluding carboxylic acids is 1. The maximum atomic E-state index is 12.9. The van der Waals surface area contributed by atoms with Gasteiger partial charge in [-0.15, -0.1) is 11.3 Å². The first-order valence-electron chi connectivity index (χ1n) is 7.27. The Kier molecular flexibility index (Phi) is 3.98. The molecule has 0 saturated heterocycles. The van der Waals surface area contributed by atoms with Crippen molar-refractivity contribution in [2.24, 2.45) is 0 Å². The molecule has 3 heterocycles. The van der Waals surface area contributed by atoms with Gasteiger partial charge in [-0.3, -0.25) is 9.20 Å². The van der Waals surface area contributed by atoms with Crippen LogP contribution in [0.2, 0.25) is 5.28 Å². The number of aromatic nitrogens is 3. The first-order chi connectivity index (χ1) is 12.0. The second-order valence-electron chi connectivity index (χ2n) is 5.16. The number of rotatable bonds is 2. The zero-order valence-corrected chi connectivity index (χ0v) is 15.9. The zero-order valence-electron chi connectivity index (χ0n) is 12.7. The lowest BCUT2D eigenvalue weighted by Gasteiger charge is -2.07. The highest BCUT2D eigenvalue weighted by atomic mass is 79.9. The van der Waals surface area contributed by atoms with Crippen molar-refractivity contribution in [3.05, 3.63) is 49.9 Å². The van der Waals surface area contributed by atoms with E-state index in [1.807, 2.05) is 18.2 Å². The van der Waals surface area contributed by atoms with Crippen LogP contribution in [0.3, 0.4) is 0 Å². The Balaban J connectivity index is 2.29. The molecule has 0 fully saturated rings. The first kappa shape index (κ1) is 16.4. The standard InChI is InChI=1S/C16H9BrClN3O3S/c1-2-24-15(23)11-12(22)8-6-19-16(18)20-13(8)21-9-4-3-7(17)5-10(9)25-14(11)21/h3-6H,2H2,1H3. The molecule has 0 radical (unpaired) electrons. The van der Waals surface area contributed by atoms with E-state index in [9.17, 15) is 9.59 Å². The van der Waals surface area contributed by atoms with Crippen LogP contribution in [0.5, 0.6) is 0 Å². The van der Waals surface area contributed by atoms with Crippen LogP contribution in [0.15, 0.2) is 33.7 Å². The lowest BCUT2D eigenvalue weighted by atomic mass is 10.2. The fourth-order valence-electron chi connectivity index (χ4n) is 2.68. The van der Waals surface area contributed by atoms with Crippen LogP contribution in [0, 0.1) is 0 Å². The maximum Gasteiger partial charge on any atom is 0.345 e. The molecule has 0 saturated carbocycles. The van der Waals surface area contributed by atoms with E-state index < -0.39 is 11.4 Å². The SMILES string of the molecule is CCOC(=O)c1c(=O)c2cnc(Cl)nc2n2c1sc1cc(Br)ccc12. The number of fused-ring (bicyclic) bond motifs is 5. The highest BCUT2D eigenvalue weighted by molar-refractivity contribution is 9.10. The molecule has 0 aliphatic heterocycles. The minimum absolute atomic E-state index is 0.0161. The molecular formula is C16H9BrClN3O3S. The van der Waals surface area contributed by atoms with Crippen LogP contribution in [-0.2, 0) is 4.74 Å². The van der Waals surface area contributed by atoms with E-state index in [1.54, 1.807) is 11.3 Å². The van der Waals surface area contributed by atoms with Crippen LogP contribution < -0.4 is 5.43 Å². The van der Waals surface area contributed by atoms with Gasteiger partial charge in [-0.25, -0.2) is 9.78 Å². The van der Waals surface area contributed by atoms with Gasteiger partial charge in [0.1, 0.15) is 10.4 Å². The van der Waals surface area contributed by atoms with E-state index in [4.69, 9.17) is 16.3 Å². The average molecular weight is 439 g/mol. The molecule has 1 aromatic carbocycles. The van der Waals surface area contributed by atoms with Gasteiger partial charge in [0.05, 0.1) is 22.2 Å². The van der Waals surface area contributed by atoms with E-state index in [0.717, 1.165) is 14.7 Å². The summed E-state index contributed by atoms with van der Waals surface area (Å²) in [5.74, 6) is -0.660. The minimum atomic E-state index is -0.660. The Morgan fingerprint density at radius 2 is 2.24 bits per heavy atom. The molecule has 4 aromatic rings. The highest BCUT2D eigenvalue weighted by Gasteiger charge is 2.23. The van der Waals surface area contributed by atoms with Gasteiger partial charge in [-0.2, -0.15) is 4.98 Å². The van der Waals surface area contributed by atoms with Gasteiger partial charge < -0.3 is 4.74 Å². The second kappa shape index (κ2) is 6.05. The molecule has 25 heavy (non-hydrogen) atoms. The molecule has 0 N–H and O–H groups in total. The Morgan fingerprint density at radius 3 is 3.00 bits per heavy atom. The summed E-state index contributed by atoms with van der Waals surface area (Å²) in [6, 6.07) is 5.68. The second-order valence-corrected chi connectivity index (χ2v) is 7.44. The van der Waals surface area contributed by atoms with Gasteiger partial charge in [-0.1, -0.05) is 15.9 Å². The molecule has 0 aliphatic carbocycles. The monoisotopic (exact) mass is 437 g/mol. The Bertz CT molecular complexity index is 1230. The van der Waals surface area contributed by atoms with E-state index in [0.29, 0.717) is 10.5 Å². The molecule has 126 valence electrons. The van der Waals surface area contributed by atoms with Crippen molar-refractivity contribution in [3.63, 3.8) is 0 Å². The summed E-state index contributed by atoms with van der Waals surface area (Å²) in [4.78, 5) is 33.9. The van der Waals surface area contributed by atoms with Crippen LogP contribution >= 0.6 is 38.9 Å². The molecule has 3 aromatic heterocycles. The lowest BCUT2D eigenvalue weighted by Crippen LogP contribution is -2.20. The predicted molar refractivity (Wildman–Crippen MR) is 101 cm³/mol. The summed E-state index contributed by atoms with van der Waals surface area (Å²) in [6.07, 6.45) is 1.34. The van der Waals surface area contributed by atoms with Crippen LogP contribution in [0.4, 0.5) is 0 Å². The predicted octanol–water partition coefficient (Wildman–Crippen LogP) is 4.05. The van der Waals surface area contributed by atoms with Gasteiger partial charge in [-0.05, 0) is 36.7 Å². The van der Waals surface area contributed by atoms with Gasteiger partial charge in [0.2, 0.25) is 10.7 Å².